The second-order valence-corrected chi connectivity index (χ2v) is 6.30. The molecule has 0 amide bonds. The van der Waals surface area contributed by atoms with Crippen molar-refractivity contribution in [2.45, 2.75) is 39.8 Å². The first-order valence-electron chi connectivity index (χ1n) is 6.84. The Morgan fingerprint density at radius 3 is 2.53 bits per heavy atom. The highest BCUT2D eigenvalue weighted by Crippen LogP contribution is 2.22. The van der Waals surface area contributed by atoms with Gasteiger partial charge in [0.05, 0.1) is 0 Å². The number of nitrogens with one attached hydrogen (secondary N) is 1. The van der Waals surface area contributed by atoms with Crippen LogP contribution in [-0.2, 0) is 6.54 Å². The summed E-state index contributed by atoms with van der Waals surface area (Å²) >= 11 is 1.73. The second kappa shape index (κ2) is 6.83. The highest BCUT2D eigenvalue weighted by atomic mass is 32.1. The number of hydrogen-bond donors (Lipinski definition) is 1. The first kappa shape index (κ1) is 14.2. The number of hydrogen-bond acceptors (Lipinski definition) is 3. The molecule has 0 saturated heterocycles. The summed E-state index contributed by atoms with van der Waals surface area (Å²) in [5.74, 6) is 0.677. The molecular weight excluding hydrogens is 252 g/mol. The molecule has 1 atom stereocenters. The van der Waals surface area contributed by atoms with Gasteiger partial charge in [0, 0.05) is 23.7 Å². The fourth-order valence-electron chi connectivity index (χ4n) is 2.19. The van der Waals surface area contributed by atoms with Gasteiger partial charge in [-0.05, 0) is 24.8 Å². The van der Waals surface area contributed by atoms with Gasteiger partial charge in [0.1, 0.15) is 5.01 Å². The normalized spacial score (nSPS) is 12.8. The van der Waals surface area contributed by atoms with Gasteiger partial charge in [-0.25, -0.2) is 4.98 Å². The van der Waals surface area contributed by atoms with Gasteiger partial charge < -0.3 is 5.32 Å². The van der Waals surface area contributed by atoms with Crippen molar-refractivity contribution in [3.63, 3.8) is 0 Å². The Bertz CT molecular complexity index is 490. The molecule has 0 aliphatic carbocycles. The summed E-state index contributed by atoms with van der Waals surface area (Å²) < 4.78 is 0. The van der Waals surface area contributed by atoms with Crippen molar-refractivity contribution < 1.29 is 0 Å². The molecular formula is C16H22N2S. The number of nitrogens with zero attached hydrogens (tertiary/aromatic N) is 1. The maximum absolute atomic E-state index is 4.51. The van der Waals surface area contributed by atoms with E-state index in [9.17, 15) is 0 Å². The van der Waals surface area contributed by atoms with Gasteiger partial charge in [-0.2, -0.15) is 0 Å². The average Bonchev–Trinajstić information content (AvgIpc) is 2.81. The summed E-state index contributed by atoms with van der Waals surface area (Å²) in [7, 11) is 0. The van der Waals surface area contributed by atoms with Crippen LogP contribution >= 0.6 is 11.3 Å². The third-order valence-corrected chi connectivity index (χ3v) is 4.04. The molecule has 0 aliphatic rings. The van der Waals surface area contributed by atoms with Crippen LogP contribution in [0.2, 0.25) is 0 Å². The molecule has 0 saturated carbocycles. The molecule has 1 N–H and O–H groups in total. The zero-order valence-electron chi connectivity index (χ0n) is 11.9. The maximum atomic E-state index is 4.51. The lowest BCUT2D eigenvalue weighted by Gasteiger charge is -2.20. The van der Waals surface area contributed by atoms with E-state index in [0.717, 1.165) is 18.7 Å². The van der Waals surface area contributed by atoms with Crippen LogP contribution in [-0.4, -0.2) is 4.98 Å². The summed E-state index contributed by atoms with van der Waals surface area (Å²) in [6.07, 6.45) is 1.15. The Hall–Kier alpha value is -1.19. The summed E-state index contributed by atoms with van der Waals surface area (Å²) in [5, 5.41) is 6.92. The highest BCUT2D eigenvalue weighted by Gasteiger charge is 2.13. The van der Waals surface area contributed by atoms with Crippen LogP contribution in [0.3, 0.4) is 0 Å². The van der Waals surface area contributed by atoms with Crippen molar-refractivity contribution >= 4 is 11.3 Å². The molecule has 0 spiro atoms. The van der Waals surface area contributed by atoms with E-state index in [1.54, 1.807) is 11.3 Å². The topological polar surface area (TPSA) is 24.9 Å². The fourth-order valence-corrected chi connectivity index (χ4v) is 2.91. The maximum Gasteiger partial charge on any atom is 0.107 e. The molecule has 102 valence electrons. The van der Waals surface area contributed by atoms with Crippen molar-refractivity contribution in [3.05, 3.63) is 52.0 Å². The van der Waals surface area contributed by atoms with Crippen molar-refractivity contribution in [1.82, 2.24) is 10.3 Å². The molecule has 0 fully saturated rings. The predicted molar refractivity (Wildman–Crippen MR) is 82.3 cm³/mol. The van der Waals surface area contributed by atoms with E-state index in [-0.39, 0.29) is 0 Å². The zero-order chi connectivity index (χ0) is 13.7. The minimum absolute atomic E-state index is 0.408. The van der Waals surface area contributed by atoms with Gasteiger partial charge in [0.2, 0.25) is 0 Å². The predicted octanol–water partition coefficient (Wildman–Crippen LogP) is 4.33. The monoisotopic (exact) mass is 274 g/mol. The summed E-state index contributed by atoms with van der Waals surface area (Å²) in [6, 6.07) is 11.1. The van der Waals surface area contributed by atoms with Gasteiger partial charge in [0.25, 0.3) is 0 Å². The standard InChI is InChI=1S/C16H22N2S/c1-12(2)9-15(14-7-5-4-6-8-14)17-10-16-18-13(3)11-19-16/h4-8,11-12,15,17H,9-10H2,1-3H3. The van der Waals surface area contributed by atoms with Crippen LogP contribution in [0.4, 0.5) is 0 Å². The van der Waals surface area contributed by atoms with Crippen LogP contribution in [0.1, 0.15) is 42.6 Å². The molecule has 3 heteroatoms. The van der Waals surface area contributed by atoms with E-state index < -0.39 is 0 Å². The second-order valence-electron chi connectivity index (χ2n) is 5.36. The van der Waals surface area contributed by atoms with E-state index in [4.69, 9.17) is 0 Å². The molecule has 2 aromatic rings. The lowest BCUT2D eigenvalue weighted by molar-refractivity contribution is 0.428. The van der Waals surface area contributed by atoms with E-state index in [0.29, 0.717) is 12.0 Å². The molecule has 1 aromatic heterocycles. The van der Waals surface area contributed by atoms with E-state index in [1.165, 1.54) is 10.6 Å². The molecule has 1 unspecified atom stereocenters. The lowest BCUT2D eigenvalue weighted by atomic mass is 9.97. The smallest absolute Gasteiger partial charge is 0.107 e. The third-order valence-electron chi connectivity index (χ3n) is 3.08. The number of rotatable bonds is 6. The Morgan fingerprint density at radius 2 is 1.95 bits per heavy atom. The Labute approximate surface area is 119 Å². The van der Waals surface area contributed by atoms with Crippen molar-refractivity contribution in [3.8, 4) is 0 Å². The van der Waals surface area contributed by atoms with Crippen LogP contribution in [0.15, 0.2) is 35.7 Å². The molecule has 1 heterocycles. The van der Waals surface area contributed by atoms with Crippen LogP contribution < -0.4 is 5.32 Å². The highest BCUT2D eigenvalue weighted by molar-refractivity contribution is 7.09. The average molecular weight is 274 g/mol. The molecule has 19 heavy (non-hydrogen) atoms. The van der Waals surface area contributed by atoms with Gasteiger partial charge in [-0.3, -0.25) is 0 Å². The zero-order valence-corrected chi connectivity index (χ0v) is 12.7. The molecule has 2 nitrogen and oxygen atoms in total. The Morgan fingerprint density at radius 1 is 1.21 bits per heavy atom. The van der Waals surface area contributed by atoms with Crippen LogP contribution in [0.5, 0.6) is 0 Å². The molecule has 0 aliphatic heterocycles. The van der Waals surface area contributed by atoms with Crippen molar-refractivity contribution in [2.75, 3.05) is 0 Å². The number of aryl methyl sites for hydroxylation is 1. The lowest BCUT2D eigenvalue weighted by Crippen LogP contribution is -2.22. The molecule has 2 rings (SSSR count). The first-order valence-corrected chi connectivity index (χ1v) is 7.72. The minimum atomic E-state index is 0.408. The quantitative estimate of drug-likeness (QED) is 0.848. The third kappa shape index (κ3) is 4.44. The van der Waals surface area contributed by atoms with Gasteiger partial charge in [0.15, 0.2) is 0 Å². The summed E-state index contributed by atoms with van der Waals surface area (Å²) in [4.78, 5) is 4.51. The SMILES string of the molecule is Cc1csc(CNC(CC(C)C)c2ccccc2)n1. The van der Waals surface area contributed by atoms with Gasteiger partial charge in [-0.1, -0.05) is 44.2 Å². The number of aromatic nitrogens is 1. The Balaban J connectivity index is 2.02. The van der Waals surface area contributed by atoms with Gasteiger partial charge >= 0.3 is 0 Å². The summed E-state index contributed by atoms with van der Waals surface area (Å²) in [6.45, 7) is 7.43. The fraction of sp³-hybridized carbons (Fsp3) is 0.438. The largest absolute Gasteiger partial charge is 0.304 e. The molecule has 0 bridgehead atoms. The first-order chi connectivity index (χ1) is 9.15. The number of benzene rings is 1. The molecule has 0 radical (unpaired) electrons. The van der Waals surface area contributed by atoms with Crippen LogP contribution in [0.25, 0.3) is 0 Å². The van der Waals surface area contributed by atoms with Gasteiger partial charge in [-0.15, -0.1) is 11.3 Å². The molecule has 1 aromatic carbocycles. The van der Waals surface area contributed by atoms with Crippen molar-refractivity contribution in [2.24, 2.45) is 5.92 Å². The Kier molecular flexibility index (Phi) is 5.11. The van der Waals surface area contributed by atoms with Crippen LogP contribution in [0, 0.1) is 12.8 Å². The van der Waals surface area contributed by atoms with E-state index in [1.807, 2.05) is 6.92 Å². The number of thiazole rings is 1. The van der Waals surface area contributed by atoms with E-state index >= 15 is 0 Å². The van der Waals surface area contributed by atoms with Crippen molar-refractivity contribution in [1.29, 1.82) is 0 Å². The van der Waals surface area contributed by atoms with E-state index in [2.05, 4.69) is 59.9 Å². The minimum Gasteiger partial charge on any atom is -0.304 e. The summed E-state index contributed by atoms with van der Waals surface area (Å²) in [5.41, 5.74) is 2.48.